The van der Waals surface area contributed by atoms with E-state index >= 15 is 0 Å². The molecular weight excluding hydrogens is 212 g/mol. The maximum Gasteiger partial charge on any atom is 0.0678 e. The van der Waals surface area contributed by atoms with Crippen LogP contribution in [0.5, 0.6) is 0 Å². The van der Waals surface area contributed by atoms with Crippen LogP contribution in [0.4, 0.5) is 5.69 Å². The van der Waals surface area contributed by atoms with Gasteiger partial charge in [-0.05, 0) is 26.0 Å². The molecule has 0 aromatic heterocycles. The van der Waals surface area contributed by atoms with E-state index in [1.165, 1.54) is 5.69 Å². The van der Waals surface area contributed by atoms with Crippen LogP contribution in [-0.2, 0) is 4.74 Å². The van der Waals surface area contributed by atoms with Gasteiger partial charge in [0.15, 0.2) is 0 Å². The van der Waals surface area contributed by atoms with Crippen LogP contribution in [0.1, 0.15) is 13.8 Å². The minimum atomic E-state index is 0.357. The third-order valence-electron chi connectivity index (χ3n) is 3.03. The monoisotopic (exact) mass is 234 g/mol. The van der Waals surface area contributed by atoms with Crippen molar-refractivity contribution in [3.8, 4) is 0 Å². The van der Waals surface area contributed by atoms with Gasteiger partial charge in [0.05, 0.1) is 12.2 Å². The highest BCUT2D eigenvalue weighted by molar-refractivity contribution is 5.42. The molecule has 3 nitrogen and oxygen atoms in total. The Labute approximate surface area is 104 Å². The summed E-state index contributed by atoms with van der Waals surface area (Å²) in [5.74, 6) is 0. The lowest BCUT2D eigenvalue weighted by Gasteiger charge is -2.35. The smallest absolute Gasteiger partial charge is 0.0678 e. The van der Waals surface area contributed by atoms with Gasteiger partial charge in [0, 0.05) is 31.9 Å². The van der Waals surface area contributed by atoms with Gasteiger partial charge in [-0.3, -0.25) is 4.90 Å². The maximum atomic E-state index is 5.72. The molecule has 0 saturated carbocycles. The summed E-state index contributed by atoms with van der Waals surface area (Å²) in [7, 11) is 0. The van der Waals surface area contributed by atoms with E-state index in [-0.39, 0.29) is 0 Å². The summed E-state index contributed by atoms with van der Waals surface area (Å²) < 4.78 is 5.72. The molecule has 17 heavy (non-hydrogen) atoms. The number of para-hydroxylation sites is 1. The Bertz CT molecular complexity index is 318. The standard InChI is InChI=1S/C14H22N2O/c1-12-10-16(11-13(2)17-12)9-8-15-14-6-4-3-5-7-14/h3-7,12-13,15H,8-11H2,1-2H3/t12-,13+. The molecule has 1 heterocycles. The number of hydrogen-bond acceptors (Lipinski definition) is 3. The van der Waals surface area contributed by atoms with Crippen molar-refractivity contribution in [2.75, 3.05) is 31.5 Å². The predicted octanol–water partition coefficient (Wildman–Crippen LogP) is 2.21. The second-order valence-corrected chi connectivity index (χ2v) is 4.81. The minimum absolute atomic E-state index is 0.357. The van der Waals surface area contributed by atoms with Crippen LogP contribution in [0.15, 0.2) is 30.3 Å². The van der Waals surface area contributed by atoms with E-state index < -0.39 is 0 Å². The average Bonchev–Trinajstić information content (AvgIpc) is 2.29. The van der Waals surface area contributed by atoms with Gasteiger partial charge in [0.1, 0.15) is 0 Å². The highest BCUT2D eigenvalue weighted by Gasteiger charge is 2.21. The lowest BCUT2D eigenvalue weighted by atomic mass is 10.2. The lowest BCUT2D eigenvalue weighted by Crippen LogP contribution is -2.46. The van der Waals surface area contributed by atoms with Crippen molar-refractivity contribution in [1.29, 1.82) is 0 Å². The van der Waals surface area contributed by atoms with Gasteiger partial charge < -0.3 is 10.1 Å². The highest BCUT2D eigenvalue weighted by atomic mass is 16.5. The molecule has 2 atom stereocenters. The third kappa shape index (κ3) is 4.02. The number of anilines is 1. The number of nitrogens with zero attached hydrogens (tertiary/aromatic N) is 1. The molecule has 1 aromatic rings. The van der Waals surface area contributed by atoms with Crippen molar-refractivity contribution in [2.45, 2.75) is 26.1 Å². The Morgan fingerprint density at radius 3 is 2.47 bits per heavy atom. The normalized spacial score (nSPS) is 25.8. The van der Waals surface area contributed by atoms with E-state index in [1.807, 2.05) is 6.07 Å². The van der Waals surface area contributed by atoms with Crippen molar-refractivity contribution in [2.24, 2.45) is 0 Å². The zero-order valence-corrected chi connectivity index (χ0v) is 10.7. The molecule has 0 bridgehead atoms. The summed E-state index contributed by atoms with van der Waals surface area (Å²) in [5, 5.41) is 3.44. The van der Waals surface area contributed by atoms with Crippen molar-refractivity contribution < 1.29 is 4.74 Å². The summed E-state index contributed by atoms with van der Waals surface area (Å²) in [5.41, 5.74) is 1.20. The molecule has 1 aromatic carbocycles. The molecule has 0 aliphatic carbocycles. The summed E-state index contributed by atoms with van der Waals surface area (Å²) in [4.78, 5) is 2.47. The van der Waals surface area contributed by atoms with Crippen LogP contribution in [0.3, 0.4) is 0 Å². The molecular formula is C14H22N2O. The molecule has 1 saturated heterocycles. The Hall–Kier alpha value is -1.06. The van der Waals surface area contributed by atoms with Crippen molar-refractivity contribution >= 4 is 5.69 Å². The Kier molecular flexibility index (Phi) is 4.40. The number of ether oxygens (including phenoxy) is 1. The SMILES string of the molecule is C[C@@H]1CN(CCNc2ccccc2)C[C@H](C)O1. The van der Waals surface area contributed by atoms with Crippen molar-refractivity contribution in [3.05, 3.63) is 30.3 Å². The van der Waals surface area contributed by atoms with Gasteiger partial charge in [0.25, 0.3) is 0 Å². The van der Waals surface area contributed by atoms with E-state index in [1.54, 1.807) is 0 Å². The molecule has 1 aliphatic rings. The third-order valence-corrected chi connectivity index (χ3v) is 3.03. The quantitative estimate of drug-likeness (QED) is 0.864. The number of morpholine rings is 1. The van der Waals surface area contributed by atoms with E-state index in [9.17, 15) is 0 Å². The molecule has 94 valence electrons. The summed E-state index contributed by atoms with van der Waals surface area (Å²) in [6.45, 7) is 8.44. The molecule has 1 fully saturated rings. The second-order valence-electron chi connectivity index (χ2n) is 4.81. The Balaban J connectivity index is 1.71. The van der Waals surface area contributed by atoms with E-state index in [0.717, 1.165) is 26.2 Å². The fraction of sp³-hybridized carbons (Fsp3) is 0.571. The first-order valence-corrected chi connectivity index (χ1v) is 6.41. The summed E-state index contributed by atoms with van der Waals surface area (Å²) in [6, 6.07) is 10.4. The minimum Gasteiger partial charge on any atom is -0.384 e. The van der Waals surface area contributed by atoms with Gasteiger partial charge in [-0.15, -0.1) is 0 Å². The molecule has 0 amide bonds. The zero-order chi connectivity index (χ0) is 12.1. The predicted molar refractivity (Wildman–Crippen MR) is 71.4 cm³/mol. The van der Waals surface area contributed by atoms with Crippen LogP contribution < -0.4 is 5.32 Å². The lowest BCUT2D eigenvalue weighted by molar-refractivity contribution is -0.0667. The number of rotatable bonds is 4. The van der Waals surface area contributed by atoms with Crippen LogP contribution in [0.2, 0.25) is 0 Å². The Morgan fingerprint density at radius 1 is 1.18 bits per heavy atom. The second kappa shape index (κ2) is 6.03. The van der Waals surface area contributed by atoms with Gasteiger partial charge >= 0.3 is 0 Å². The van der Waals surface area contributed by atoms with Crippen molar-refractivity contribution in [1.82, 2.24) is 4.90 Å². The molecule has 1 N–H and O–H groups in total. The van der Waals surface area contributed by atoms with Gasteiger partial charge in [-0.1, -0.05) is 18.2 Å². The van der Waals surface area contributed by atoms with Crippen LogP contribution in [-0.4, -0.2) is 43.3 Å². The molecule has 2 rings (SSSR count). The zero-order valence-electron chi connectivity index (χ0n) is 10.7. The Morgan fingerprint density at radius 2 is 1.82 bits per heavy atom. The number of nitrogens with one attached hydrogen (secondary N) is 1. The fourth-order valence-electron chi connectivity index (χ4n) is 2.38. The molecule has 0 unspecified atom stereocenters. The molecule has 1 aliphatic heterocycles. The number of benzene rings is 1. The van der Waals surface area contributed by atoms with E-state index in [0.29, 0.717) is 12.2 Å². The maximum absolute atomic E-state index is 5.72. The first-order valence-electron chi connectivity index (χ1n) is 6.41. The van der Waals surface area contributed by atoms with Gasteiger partial charge in [-0.25, -0.2) is 0 Å². The van der Waals surface area contributed by atoms with E-state index in [2.05, 4.69) is 48.3 Å². The summed E-state index contributed by atoms with van der Waals surface area (Å²) in [6.07, 6.45) is 0.714. The van der Waals surface area contributed by atoms with Gasteiger partial charge in [-0.2, -0.15) is 0 Å². The molecule has 0 spiro atoms. The highest BCUT2D eigenvalue weighted by Crippen LogP contribution is 2.10. The van der Waals surface area contributed by atoms with Crippen molar-refractivity contribution in [3.63, 3.8) is 0 Å². The summed E-state index contributed by atoms with van der Waals surface area (Å²) >= 11 is 0. The fourth-order valence-corrected chi connectivity index (χ4v) is 2.38. The van der Waals surface area contributed by atoms with Crippen LogP contribution in [0, 0.1) is 0 Å². The van der Waals surface area contributed by atoms with Crippen LogP contribution in [0.25, 0.3) is 0 Å². The average molecular weight is 234 g/mol. The van der Waals surface area contributed by atoms with Gasteiger partial charge in [0.2, 0.25) is 0 Å². The molecule has 3 heteroatoms. The molecule has 0 radical (unpaired) electrons. The first kappa shape index (κ1) is 12.4. The largest absolute Gasteiger partial charge is 0.384 e. The topological polar surface area (TPSA) is 24.5 Å². The van der Waals surface area contributed by atoms with E-state index in [4.69, 9.17) is 4.74 Å². The first-order chi connectivity index (χ1) is 8.24. The van der Waals surface area contributed by atoms with Crippen LogP contribution >= 0.6 is 0 Å². The number of hydrogen-bond donors (Lipinski definition) is 1.